The number of carbonyl (C=O) groups is 2. The molecule has 1 N–H and O–H groups in total. The number of ether oxygens (including phenoxy) is 1. The van der Waals surface area contributed by atoms with Crippen LogP contribution in [0.3, 0.4) is 0 Å². The summed E-state index contributed by atoms with van der Waals surface area (Å²) in [6.45, 7) is 2.50. The molecule has 4 rings (SSSR count). The largest absolute Gasteiger partial charge is 0.466 e. The highest BCUT2D eigenvalue weighted by atomic mass is 16.5. The number of esters is 1. The van der Waals surface area contributed by atoms with E-state index in [1.54, 1.807) is 0 Å². The van der Waals surface area contributed by atoms with E-state index in [0.29, 0.717) is 13.0 Å². The lowest BCUT2D eigenvalue weighted by molar-refractivity contribution is -0.142. The minimum absolute atomic E-state index is 0.0447. The number of aromatic amines is 1. The van der Waals surface area contributed by atoms with Gasteiger partial charge < -0.3 is 14.6 Å². The van der Waals surface area contributed by atoms with E-state index in [9.17, 15) is 9.59 Å². The molecule has 1 saturated heterocycles. The van der Waals surface area contributed by atoms with Gasteiger partial charge in [-0.15, -0.1) is 0 Å². The first kappa shape index (κ1) is 14.3. The molecule has 1 aromatic heterocycles. The Morgan fingerprint density at radius 3 is 3.04 bits per heavy atom. The van der Waals surface area contributed by atoms with Crippen LogP contribution in [-0.4, -0.2) is 34.9 Å². The van der Waals surface area contributed by atoms with Crippen molar-refractivity contribution in [3.05, 3.63) is 35.5 Å². The minimum Gasteiger partial charge on any atom is -0.466 e. The maximum absolute atomic E-state index is 12.6. The van der Waals surface area contributed by atoms with Crippen molar-refractivity contribution in [2.45, 2.75) is 32.2 Å². The second-order valence-corrected chi connectivity index (χ2v) is 6.42. The van der Waals surface area contributed by atoms with Gasteiger partial charge in [-0.25, -0.2) is 0 Å². The first-order valence-electron chi connectivity index (χ1n) is 8.18. The van der Waals surface area contributed by atoms with Crippen molar-refractivity contribution in [3.8, 4) is 0 Å². The van der Waals surface area contributed by atoms with Gasteiger partial charge in [-0.3, -0.25) is 9.59 Å². The normalized spacial score (nSPS) is 23.0. The minimum atomic E-state index is -0.286. The van der Waals surface area contributed by atoms with Crippen molar-refractivity contribution in [1.29, 1.82) is 0 Å². The summed E-state index contributed by atoms with van der Waals surface area (Å²) in [7, 11) is 0. The number of nitrogens with one attached hydrogen (secondary N) is 1. The quantitative estimate of drug-likeness (QED) is 0.886. The van der Waals surface area contributed by atoms with E-state index >= 15 is 0 Å². The predicted octanol–water partition coefficient (Wildman–Crippen LogP) is 2.57. The van der Waals surface area contributed by atoms with E-state index in [2.05, 4.69) is 23.2 Å². The van der Waals surface area contributed by atoms with E-state index in [1.165, 1.54) is 23.6 Å². The second-order valence-electron chi connectivity index (χ2n) is 6.42. The standard InChI is InChI=1S/C18H20N2O3/c1-11(21)23-9-7-12-10-16-17-14(6-8-20(16)18(12)22)13-4-2-3-5-15(13)19-17/h2-5,12,16,19H,6-10H2,1H3/t12-,16-/m0/s1. The molecule has 0 spiro atoms. The van der Waals surface area contributed by atoms with E-state index in [0.717, 1.165) is 24.9 Å². The summed E-state index contributed by atoms with van der Waals surface area (Å²) in [5.41, 5.74) is 3.70. The molecule has 0 radical (unpaired) electrons. The number of aromatic nitrogens is 1. The molecule has 23 heavy (non-hydrogen) atoms. The smallest absolute Gasteiger partial charge is 0.302 e. The molecular weight excluding hydrogens is 292 g/mol. The zero-order valence-corrected chi connectivity index (χ0v) is 13.2. The van der Waals surface area contributed by atoms with Crippen LogP contribution in [-0.2, 0) is 20.7 Å². The molecule has 3 heterocycles. The monoisotopic (exact) mass is 312 g/mol. The zero-order valence-electron chi connectivity index (χ0n) is 13.2. The molecule has 2 aliphatic rings. The van der Waals surface area contributed by atoms with Crippen LogP contribution < -0.4 is 0 Å². The molecule has 2 atom stereocenters. The summed E-state index contributed by atoms with van der Waals surface area (Å²) >= 11 is 0. The Kier molecular flexibility index (Phi) is 3.36. The average molecular weight is 312 g/mol. The Balaban J connectivity index is 1.59. The molecule has 2 aliphatic heterocycles. The van der Waals surface area contributed by atoms with Gasteiger partial charge >= 0.3 is 5.97 Å². The van der Waals surface area contributed by atoms with Gasteiger partial charge in [0.2, 0.25) is 5.91 Å². The number of fused-ring (bicyclic) bond motifs is 5. The number of hydrogen-bond donors (Lipinski definition) is 1. The summed E-state index contributed by atoms with van der Waals surface area (Å²) in [6.07, 6.45) is 2.32. The van der Waals surface area contributed by atoms with Crippen molar-refractivity contribution >= 4 is 22.8 Å². The van der Waals surface area contributed by atoms with Crippen LogP contribution in [0, 0.1) is 5.92 Å². The zero-order chi connectivity index (χ0) is 16.0. The first-order chi connectivity index (χ1) is 11.1. The molecule has 0 bridgehead atoms. The third kappa shape index (κ3) is 2.31. The number of nitrogens with zero attached hydrogens (tertiary/aromatic N) is 1. The number of para-hydroxylation sites is 1. The van der Waals surface area contributed by atoms with Gasteiger partial charge in [0.25, 0.3) is 0 Å². The van der Waals surface area contributed by atoms with Crippen LogP contribution in [0.1, 0.15) is 37.1 Å². The number of hydrogen-bond acceptors (Lipinski definition) is 3. The van der Waals surface area contributed by atoms with E-state index in [1.807, 2.05) is 11.0 Å². The fourth-order valence-electron chi connectivity index (χ4n) is 4.02. The molecule has 1 aromatic carbocycles. The predicted molar refractivity (Wildman–Crippen MR) is 85.8 cm³/mol. The maximum atomic E-state index is 12.6. The van der Waals surface area contributed by atoms with E-state index < -0.39 is 0 Å². The van der Waals surface area contributed by atoms with Crippen molar-refractivity contribution in [2.75, 3.05) is 13.2 Å². The topological polar surface area (TPSA) is 62.4 Å². The Morgan fingerprint density at radius 2 is 2.22 bits per heavy atom. The molecule has 0 unspecified atom stereocenters. The van der Waals surface area contributed by atoms with Gasteiger partial charge in [-0.1, -0.05) is 18.2 Å². The summed E-state index contributed by atoms with van der Waals surface area (Å²) < 4.78 is 5.01. The molecule has 2 aromatic rings. The first-order valence-corrected chi connectivity index (χ1v) is 8.18. The van der Waals surface area contributed by atoms with Gasteiger partial charge in [0.05, 0.1) is 12.6 Å². The van der Waals surface area contributed by atoms with Crippen LogP contribution in [0.4, 0.5) is 0 Å². The van der Waals surface area contributed by atoms with Crippen molar-refractivity contribution in [1.82, 2.24) is 9.88 Å². The summed E-state index contributed by atoms with van der Waals surface area (Å²) in [5, 5.41) is 1.28. The van der Waals surface area contributed by atoms with Gasteiger partial charge in [0.1, 0.15) is 0 Å². The van der Waals surface area contributed by atoms with Gasteiger partial charge in [-0.05, 0) is 30.9 Å². The van der Waals surface area contributed by atoms with Crippen LogP contribution in [0.5, 0.6) is 0 Å². The molecule has 5 nitrogen and oxygen atoms in total. The Labute approximate surface area is 134 Å². The van der Waals surface area contributed by atoms with Crippen LogP contribution in [0.15, 0.2) is 24.3 Å². The summed E-state index contributed by atoms with van der Waals surface area (Å²) in [6, 6.07) is 8.47. The lowest BCUT2D eigenvalue weighted by atomic mass is 9.95. The van der Waals surface area contributed by atoms with Crippen molar-refractivity contribution < 1.29 is 14.3 Å². The second kappa shape index (κ2) is 5.41. The lowest BCUT2D eigenvalue weighted by Crippen LogP contribution is -2.35. The number of amides is 1. The van der Waals surface area contributed by atoms with E-state index in [-0.39, 0.29) is 23.8 Å². The molecule has 1 amide bonds. The highest BCUT2D eigenvalue weighted by Crippen LogP contribution is 2.43. The fourth-order valence-corrected chi connectivity index (χ4v) is 4.02. The Bertz CT molecular complexity index is 780. The fraction of sp³-hybridized carbons (Fsp3) is 0.444. The Hall–Kier alpha value is -2.30. The third-order valence-electron chi connectivity index (χ3n) is 5.07. The van der Waals surface area contributed by atoms with Crippen LogP contribution in [0.2, 0.25) is 0 Å². The van der Waals surface area contributed by atoms with Gasteiger partial charge in [-0.2, -0.15) is 0 Å². The average Bonchev–Trinajstić information content (AvgIpc) is 3.06. The SMILES string of the molecule is CC(=O)OCC[C@H]1C[C@H]2c3[nH]c4ccccc4c3CCN2C1=O. The van der Waals surface area contributed by atoms with E-state index in [4.69, 9.17) is 4.74 Å². The molecule has 5 heteroatoms. The summed E-state index contributed by atoms with van der Waals surface area (Å²) in [4.78, 5) is 29.0. The highest BCUT2D eigenvalue weighted by molar-refractivity contribution is 5.87. The molecular formula is C18H20N2O3. The van der Waals surface area contributed by atoms with Gasteiger partial charge in [0.15, 0.2) is 0 Å². The third-order valence-corrected chi connectivity index (χ3v) is 5.07. The molecule has 120 valence electrons. The lowest BCUT2D eigenvalue weighted by Gasteiger charge is -2.29. The Morgan fingerprint density at radius 1 is 1.39 bits per heavy atom. The molecule has 1 fully saturated rings. The van der Waals surface area contributed by atoms with Crippen molar-refractivity contribution in [3.63, 3.8) is 0 Å². The number of benzene rings is 1. The highest BCUT2D eigenvalue weighted by Gasteiger charge is 2.43. The van der Waals surface area contributed by atoms with Gasteiger partial charge in [0, 0.05) is 36.0 Å². The van der Waals surface area contributed by atoms with Crippen molar-refractivity contribution in [2.24, 2.45) is 5.92 Å². The maximum Gasteiger partial charge on any atom is 0.302 e. The molecule has 0 saturated carbocycles. The number of carbonyl (C=O) groups excluding carboxylic acids is 2. The summed E-state index contributed by atoms with van der Waals surface area (Å²) in [5.74, 6) is -0.130. The molecule has 0 aliphatic carbocycles. The number of rotatable bonds is 3. The number of H-pyrrole nitrogens is 1. The van der Waals surface area contributed by atoms with Crippen LogP contribution >= 0.6 is 0 Å². The van der Waals surface area contributed by atoms with Crippen LogP contribution in [0.25, 0.3) is 10.9 Å².